The van der Waals surface area contributed by atoms with Crippen LogP contribution in [0.15, 0.2) is 21.9 Å². The van der Waals surface area contributed by atoms with Crippen LogP contribution in [0.4, 0.5) is 0 Å². The van der Waals surface area contributed by atoms with Crippen molar-refractivity contribution in [1.82, 2.24) is 9.55 Å². The molecule has 16 nitrogen and oxygen atoms in total. The highest BCUT2D eigenvalue weighted by atomic mass is 31.3. The fraction of sp³-hybridized carbons (Fsp3) is 0.455. The van der Waals surface area contributed by atoms with E-state index in [1.54, 1.807) is 0 Å². The van der Waals surface area contributed by atoms with Crippen LogP contribution in [0.2, 0.25) is 0 Å². The molecule has 2 rings (SSSR count). The van der Waals surface area contributed by atoms with Gasteiger partial charge in [-0.05, 0) is 0 Å². The monoisotopic (exact) mass is 492 g/mol. The van der Waals surface area contributed by atoms with Gasteiger partial charge in [0.15, 0.2) is 6.23 Å². The minimum absolute atomic E-state index is 0.721. The maximum Gasteiger partial charge on any atom is 0.490 e. The zero-order valence-corrected chi connectivity index (χ0v) is 17.1. The van der Waals surface area contributed by atoms with Gasteiger partial charge in [0, 0.05) is 12.3 Å². The Balaban J connectivity index is 2.12. The van der Waals surface area contributed by atoms with Gasteiger partial charge < -0.3 is 29.4 Å². The fourth-order valence-corrected chi connectivity index (χ4v) is 5.45. The summed E-state index contributed by atoms with van der Waals surface area (Å²) in [6.07, 6.45) is 1.98. The Bertz CT molecular complexity index is 1080. The van der Waals surface area contributed by atoms with E-state index in [9.17, 15) is 33.3 Å². The highest BCUT2D eigenvalue weighted by Crippen LogP contribution is 2.66. The molecule has 0 radical (unpaired) electrons. The molecule has 6 N–H and O–H groups in total. The van der Waals surface area contributed by atoms with Crippen molar-refractivity contribution in [2.24, 2.45) is 5.92 Å². The van der Waals surface area contributed by atoms with Crippen molar-refractivity contribution in [2.45, 2.75) is 18.4 Å². The summed E-state index contributed by atoms with van der Waals surface area (Å²) in [5.41, 5.74) is -1.67. The molecule has 0 amide bonds. The first-order valence-electron chi connectivity index (χ1n) is 7.53. The number of aromatic nitrogens is 2. The number of ether oxygens (including phenoxy) is 1. The molecule has 30 heavy (non-hydrogen) atoms. The molecule has 1 aliphatic rings. The van der Waals surface area contributed by atoms with Gasteiger partial charge in [-0.15, -0.1) is 6.42 Å². The average molecular weight is 492 g/mol. The molecule has 1 aliphatic heterocycles. The molecule has 19 heteroatoms. The molecule has 6 atom stereocenters. The van der Waals surface area contributed by atoms with Crippen LogP contribution in [-0.4, -0.2) is 53.0 Å². The lowest BCUT2D eigenvalue weighted by Crippen LogP contribution is -2.35. The van der Waals surface area contributed by atoms with Crippen molar-refractivity contribution in [3.8, 4) is 12.3 Å². The normalized spacial score (nSPS) is 28.4. The highest BCUT2D eigenvalue weighted by molar-refractivity contribution is 7.66. The Labute approximate surface area is 166 Å². The summed E-state index contributed by atoms with van der Waals surface area (Å²) < 4.78 is 51.3. The lowest BCUT2D eigenvalue weighted by Gasteiger charge is -2.19. The smallest absolute Gasteiger partial charge is 0.387 e. The number of H-pyrrole nitrogens is 1. The summed E-state index contributed by atoms with van der Waals surface area (Å²) in [7, 11) is -16.7. The van der Waals surface area contributed by atoms with E-state index in [2.05, 4.69) is 19.1 Å². The maximum atomic E-state index is 11.9. The summed E-state index contributed by atoms with van der Waals surface area (Å²) >= 11 is 0. The number of terminal acetylenes is 1. The zero-order chi connectivity index (χ0) is 22.9. The van der Waals surface area contributed by atoms with Crippen LogP contribution in [0.25, 0.3) is 0 Å². The first kappa shape index (κ1) is 24.8. The van der Waals surface area contributed by atoms with E-state index >= 15 is 0 Å². The SMILES string of the molecule is C#C[C@H]1[C@@H](O)[C@H](n2ccc(=O)[nH]c2=O)O[C@@H]1COP(=O)(O)OP(=O)(O)OP(=O)(O)O. The Morgan fingerprint density at radius 3 is 2.33 bits per heavy atom. The molecule has 0 bridgehead atoms. The van der Waals surface area contributed by atoms with Gasteiger partial charge in [0.1, 0.15) is 12.2 Å². The minimum Gasteiger partial charge on any atom is -0.387 e. The Morgan fingerprint density at radius 2 is 1.80 bits per heavy atom. The maximum absolute atomic E-state index is 11.9. The van der Waals surface area contributed by atoms with Crippen molar-refractivity contribution in [2.75, 3.05) is 6.61 Å². The van der Waals surface area contributed by atoms with Crippen molar-refractivity contribution < 1.29 is 56.3 Å². The lowest BCUT2D eigenvalue weighted by atomic mass is 9.99. The number of nitrogens with one attached hydrogen (secondary N) is 1. The number of aromatic amines is 1. The van der Waals surface area contributed by atoms with E-state index in [4.69, 9.17) is 25.8 Å². The van der Waals surface area contributed by atoms with Crippen LogP contribution in [0.1, 0.15) is 6.23 Å². The number of phosphoric ester groups is 1. The molecule has 0 saturated carbocycles. The number of aliphatic hydroxyl groups excluding tert-OH is 1. The number of nitrogens with zero attached hydrogens (tertiary/aromatic N) is 1. The summed E-state index contributed by atoms with van der Waals surface area (Å²) in [6, 6.07) is 0.960. The molecular formula is C11H15N2O14P3. The molecule has 1 fully saturated rings. The third kappa shape index (κ3) is 6.53. The van der Waals surface area contributed by atoms with Crippen molar-refractivity contribution >= 4 is 23.5 Å². The van der Waals surface area contributed by atoms with Gasteiger partial charge in [-0.1, -0.05) is 5.92 Å². The van der Waals surface area contributed by atoms with Crippen LogP contribution < -0.4 is 11.2 Å². The van der Waals surface area contributed by atoms with E-state index in [0.29, 0.717) is 0 Å². The number of aliphatic hydroxyl groups is 1. The van der Waals surface area contributed by atoms with Gasteiger partial charge >= 0.3 is 29.2 Å². The van der Waals surface area contributed by atoms with Crippen LogP contribution in [0.5, 0.6) is 0 Å². The first-order valence-corrected chi connectivity index (χ1v) is 12.1. The lowest BCUT2D eigenvalue weighted by molar-refractivity contribution is -0.0526. The second-order valence-corrected chi connectivity index (χ2v) is 10.1. The third-order valence-electron chi connectivity index (χ3n) is 3.51. The molecule has 168 valence electrons. The average Bonchev–Trinajstić information content (AvgIpc) is 2.85. The predicted octanol–water partition coefficient (Wildman–Crippen LogP) is -1.61. The van der Waals surface area contributed by atoms with Crippen LogP contribution >= 0.6 is 23.5 Å². The number of phosphoric acid groups is 3. The third-order valence-corrected chi connectivity index (χ3v) is 7.31. The van der Waals surface area contributed by atoms with E-state index in [0.717, 1.165) is 16.8 Å². The van der Waals surface area contributed by atoms with Crippen LogP contribution in [0, 0.1) is 18.3 Å². The molecule has 1 aromatic heterocycles. The summed E-state index contributed by atoms with van der Waals surface area (Å²) in [4.78, 5) is 60.4. The van der Waals surface area contributed by atoms with Crippen molar-refractivity contribution in [3.05, 3.63) is 33.1 Å². The highest BCUT2D eigenvalue weighted by Gasteiger charge is 2.46. The van der Waals surface area contributed by atoms with Gasteiger partial charge in [-0.2, -0.15) is 8.62 Å². The van der Waals surface area contributed by atoms with Gasteiger partial charge in [0.25, 0.3) is 5.56 Å². The standard InChI is InChI=1S/C11H15N2O14P3/c1-2-6-7(5-24-29(20,21)27-30(22,23)26-28(17,18)19)25-10(9(6)15)13-4-3-8(14)12-11(13)16/h1,3-4,6-7,9-10,15H,5H2,(H,20,21)(H,22,23)(H,12,14,16)(H2,17,18,19)/t6-,7-,9-,10-/m1/s1. The van der Waals surface area contributed by atoms with Gasteiger partial charge in [0.05, 0.1) is 12.5 Å². The topological polar surface area (TPSA) is 244 Å². The van der Waals surface area contributed by atoms with Crippen molar-refractivity contribution in [3.63, 3.8) is 0 Å². The summed E-state index contributed by atoms with van der Waals surface area (Å²) in [5.74, 6) is 0.916. The number of hydrogen-bond acceptors (Lipinski definition) is 10. The van der Waals surface area contributed by atoms with E-state index < -0.39 is 65.7 Å². The quantitative estimate of drug-likeness (QED) is 0.177. The molecule has 2 heterocycles. The minimum atomic E-state index is -5.71. The molecule has 2 unspecified atom stereocenters. The Hall–Kier alpha value is -1.43. The van der Waals surface area contributed by atoms with Crippen molar-refractivity contribution in [1.29, 1.82) is 0 Å². The summed E-state index contributed by atoms with van der Waals surface area (Å²) in [5, 5.41) is 10.3. The molecule has 0 spiro atoms. The number of hydrogen-bond donors (Lipinski definition) is 6. The summed E-state index contributed by atoms with van der Waals surface area (Å²) in [6.45, 7) is -0.926. The Kier molecular flexibility index (Phi) is 7.43. The predicted molar refractivity (Wildman–Crippen MR) is 93.4 cm³/mol. The first-order chi connectivity index (χ1) is 13.6. The molecule has 1 aromatic rings. The number of rotatable bonds is 8. The van der Waals surface area contributed by atoms with Gasteiger partial charge in [0.2, 0.25) is 0 Å². The van der Waals surface area contributed by atoms with Gasteiger partial charge in [-0.25, -0.2) is 18.5 Å². The molecular weight excluding hydrogens is 477 g/mol. The second-order valence-electron chi connectivity index (χ2n) is 5.65. The van der Waals surface area contributed by atoms with Gasteiger partial charge in [-0.3, -0.25) is 18.9 Å². The second kappa shape index (κ2) is 8.97. The largest absolute Gasteiger partial charge is 0.490 e. The van der Waals surface area contributed by atoms with E-state index in [1.165, 1.54) is 0 Å². The van der Waals surface area contributed by atoms with E-state index in [-0.39, 0.29) is 0 Å². The van der Waals surface area contributed by atoms with Crippen LogP contribution in [-0.2, 0) is 31.6 Å². The zero-order valence-electron chi connectivity index (χ0n) is 14.4. The molecule has 0 aromatic carbocycles. The van der Waals surface area contributed by atoms with E-state index in [1.807, 2.05) is 4.98 Å². The fourth-order valence-electron chi connectivity index (χ4n) is 2.42. The molecule has 1 saturated heterocycles. The molecule has 0 aliphatic carbocycles. The Morgan fingerprint density at radius 1 is 1.17 bits per heavy atom. The van der Waals surface area contributed by atoms with Crippen LogP contribution in [0.3, 0.4) is 0 Å².